The molecule has 1 aromatic heterocycles. The summed E-state index contributed by atoms with van der Waals surface area (Å²) in [6.07, 6.45) is 2.03. The van der Waals surface area contributed by atoms with Gasteiger partial charge in [-0.3, -0.25) is 9.59 Å². The predicted octanol–water partition coefficient (Wildman–Crippen LogP) is 3.22. The Morgan fingerprint density at radius 1 is 1.00 bits per heavy atom. The van der Waals surface area contributed by atoms with Crippen LogP contribution in [0, 0.1) is 0 Å². The lowest BCUT2D eigenvalue weighted by Gasteiger charge is -2.14. The number of halogens is 1. The second kappa shape index (κ2) is 6.79. The number of nitrogens with one attached hydrogen (secondary N) is 1. The van der Waals surface area contributed by atoms with Gasteiger partial charge >= 0.3 is 0 Å². The summed E-state index contributed by atoms with van der Waals surface area (Å²) >= 11 is 5.82. The Labute approximate surface area is 139 Å². The first-order valence-electron chi connectivity index (χ1n) is 7.47. The van der Waals surface area contributed by atoms with E-state index in [1.807, 2.05) is 0 Å². The quantitative estimate of drug-likeness (QED) is 0.940. The van der Waals surface area contributed by atoms with Crippen LogP contribution in [-0.2, 0) is 0 Å². The zero-order chi connectivity index (χ0) is 16.2. The van der Waals surface area contributed by atoms with Gasteiger partial charge in [-0.1, -0.05) is 17.7 Å². The number of pyridine rings is 1. The van der Waals surface area contributed by atoms with Gasteiger partial charge in [0.15, 0.2) is 0 Å². The lowest BCUT2D eigenvalue weighted by molar-refractivity contribution is 0.0787. The first kappa shape index (κ1) is 15.5. The van der Waals surface area contributed by atoms with Gasteiger partial charge in [-0.15, -0.1) is 0 Å². The van der Waals surface area contributed by atoms with Gasteiger partial charge in [0.05, 0.1) is 0 Å². The van der Waals surface area contributed by atoms with Gasteiger partial charge in [-0.25, -0.2) is 4.98 Å². The van der Waals surface area contributed by atoms with Crippen molar-refractivity contribution in [3.63, 3.8) is 0 Å². The standard InChI is InChI=1S/C17H16ClN3O2/c18-12-6-8-13(9-7-12)19-16(22)14-4-3-5-15(20-14)17(23)21-10-1-2-11-21/h3-9H,1-2,10-11H2,(H,19,22). The van der Waals surface area contributed by atoms with Crippen LogP contribution in [0.5, 0.6) is 0 Å². The van der Waals surface area contributed by atoms with Crippen LogP contribution in [0.4, 0.5) is 5.69 Å². The van der Waals surface area contributed by atoms with Crippen LogP contribution in [0.25, 0.3) is 0 Å². The monoisotopic (exact) mass is 329 g/mol. The largest absolute Gasteiger partial charge is 0.337 e. The molecule has 6 heteroatoms. The predicted molar refractivity (Wildman–Crippen MR) is 88.8 cm³/mol. The Hall–Kier alpha value is -2.40. The molecule has 1 aliphatic heterocycles. The molecule has 3 rings (SSSR count). The minimum absolute atomic E-state index is 0.122. The number of hydrogen-bond acceptors (Lipinski definition) is 3. The average Bonchev–Trinajstić information content (AvgIpc) is 3.11. The van der Waals surface area contributed by atoms with E-state index in [9.17, 15) is 9.59 Å². The van der Waals surface area contributed by atoms with Crippen molar-refractivity contribution in [2.24, 2.45) is 0 Å². The number of rotatable bonds is 3. The molecule has 23 heavy (non-hydrogen) atoms. The van der Waals surface area contributed by atoms with E-state index in [2.05, 4.69) is 10.3 Å². The van der Waals surface area contributed by atoms with Gasteiger partial charge in [-0.2, -0.15) is 0 Å². The molecule has 2 heterocycles. The second-order valence-electron chi connectivity index (χ2n) is 5.37. The minimum Gasteiger partial charge on any atom is -0.337 e. The van der Waals surface area contributed by atoms with E-state index in [0.717, 1.165) is 25.9 Å². The fourth-order valence-electron chi connectivity index (χ4n) is 2.49. The van der Waals surface area contributed by atoms with E-state index in [1.54, 1.807) is 47.4 Å². The van der Waals surface area contributed by atoms with Crippen LogP contribution in [0.1, 0.15) is 33.8 Å². The third-order valence-electron chi connectivity index (χ3n) is 3.70. The second-order valence-corrected chi connectivity index (χ2v) is 5.80. The highest BCUT2D eigenvalue weighted by atomic mass is 35.5. The Bertz CT molecular complexity index is 725. The molecule has 0 aliphatic carbocycles. The van der Waals surface area contributed by atoms with Crippen molar-refractivity contribution in [2.45, 2.75) is 12.8 Å². The topological polar surface area (TPSA) is 62.3 Å². The summed E-state index contributed by atoms with van der Waals surface area (Å²) < 4.78 is 0. The molecule has 118 valence electrons. The lowest BCUT2D eigenvalue weighted by atomic mass is 10.2. The lowest BCUT2D eigenvalue weighted by Crippen LogP contribution is -2.29. The van der Waals surface area contributed by atoms with Crippen molar-refractivity contribution >= 4 is 29.1 Å². The fraction of sp³-hybridized carbons (Fsp3) is 0.235. The van der Waals surface area contributed by atoms with Gasteiger partial charge in [0.25, 0.3) is 11.8 Å². The summed E-state index contributed by atoms with van der Waals surface area (Å²) in [6.45, 7) is 1.50. The van der Waals surface area contributed by atoms with Crippen molar-refractivity contribution in [1.82, 2.24) is 9.88 Å². The van der Waals surface area contributed by atoms with E-state index in [1.165, 1.54) is 0 Å². The summed E-state index contributed by atoms with van der Waals surface area (Å²) in [5, 5.41) is 3.33. The number of aromatic nitrogens is 1. The van der Waals surface area contributed by atoms with Gasteiger partial charge in [0.2, 0.25) is 0 Å². The summed E-state index contributed by atoms with van der Waals surface area (Å²) in [5.41, 5.74) is 1.14. The molecule has 1 saturated heterocycles. The maximum Gasteiger partial charge on any atom is 0.274 e. The number of carbonyl (C=O) groups is 2. The molecule has 1 fully saturated rings. The number of anilines is 1. The Kier molecular flexibility index (Phi) is 4.57. The molecule has 0 atom stereocenters. The van der Waals surface area contributed by atoms with Gasteiger partial charge in [0, 0.05) is 23.8 Å². The molecule has 0 radical (unpaired) electrons. The number of benzene rings is 1. The first-order chi connectivity index (χ1) is 11.1. The summed E-state index contributed by atoms with van der Waals surface area (Å²) in [6, 6.07) is 11.7. The van der Waals surface area contributed by atoms with Gasteiger partial charge < -0.3 is 10.2 Å². The Morgan fingerprint density at radius 2 is 1.65 bits per heavy atom. The average molecular weight is 330 g/mol. The number of carbonyl (C=O) groups excluding carboxylic acids is 2. The normalized spacial score (nSPS) is 13.9. The third-order valence-corrected chi connectivity index (χ3v) is 3.95. The molecule has 5 nitrogen and oxygen atoms in total. The van der Waals surface area contributed by atoms with Crippen molar-refractivity contribution in [1.29, 1.82) is 0 Å². The molecular formula is C17H16ClN3O2. The smallest absolute Gasteiger partial charge is 0.274 e. The minimum atomic E-state index is -0.358. The highest BCUT2D eigenvalue weighted by Gasteiger charge is 2.21. The van der Waals surface area contributed by atoms with Crippen LogP contribution in [0.3, 0.4) is 0 Å². The number of hydrogen-bond donors (Lipinski definition) is 1. The van der Waals surface area contributed by atoms with E-state index in [-0.39, 0.29) is 17.5 Å². The summed E-state index contributed by atoms with van der Waals surface area (Å²) in [7, 11) is 0. The number of likely N-dealkylation sites (tertiary alicyclic amines) is 1. The molecule has 1 aromatic carbocycles. The van der Waals surface area contributed by atoms with Crippen molar-refractivity contribution in [3.8, 4) is 0 Å². The van der Waals surface area contributed by atoms with Crippen molar-refractivity contribution in [2.75, 3.05) is 18.4 Å². The van der Waals surface area contributed by atoms with Crippen LogP contribution >= 0.6 is 11.6 Å². The molecule has 0 unspecified atom stereocenters. The van der Waals surface area contributed by atoms with E-state index in [4.69, 9.17) is 11.6 Å². The van der Waals surface area contributed by atoms with E-state index < -0.39 is 0 Å². The molecule has 1 aliphatic rings. The fourth-order valence-corrected chi connectivity index (χ4v) is 2.62. The molecule has 1 N–H and O–H groups in total. The molecule has 2 amide bonds. The summed E-state index contributed by atoms with van der Waals surface area (Å²) in [5.74, 6) is -0.480. The van der Waals surface area contributed by atoms with Crippen LogP contribution < -0.4 is 5.32 Å². The van der Waals surface area contributed by atoms with Crippen molar-refractivity contribution < 1.29 is 9.59 Å². The van der Waals surface area contributed by atoms with E-state index in [0.29, 0.717) is 16.4 Å². The van der Waals surface area contributed by atoms with E-state index >= 15 is 0 Å². The molecule has 0 bridgehead atoms. The Balaban J connectivity index is 1.74. The van der Waals surface area contributed by atoms with Crippen molar-refractivity contribution in [3.05, 3.63) is 58.9 Å². The Morgan fingerprint density at radius 3 is 2.35 bits per heavy atom. The molecule has 0 saturated carbocycles. The maximum atomic E-state index is 12.3. The highest BCUT2D eigenvalue weighted by molar-refractivity contribution is 6.30. The maximum absolute atomic E-state index is 12.3. The first-order valence-corrected chi connectivity index (χ1v) is 7.84. The number of amides is 2. The highest BCUT2D eigenvalue weighted by Crippen LogP contribution is 2.15. The molecular weight excluding hydrogens is 314 g/mol. The van der Waals surface area contributed by atoms with Crippen LogP contribution in [0.2, 0.25) is 5.02 Å². The number of nitrogens with zero attached hydrogens (tertiary/aromatic N) is 2. The van der Waals surface area contributed by atoms with Crippen LogP contribution in [-0.4, -0.2) is 34.8 Å². The summed E-state index contributed by atoms with van der Waals surface area (Å²) in [4.78, 5) is 30.6. The zero-order valence-electron chi connectivity index (χ0n) is 12.5. The SMILES string of the molecule is O=C(Nc1ccc(Cl)cc1)c1cccc(C(=O)N2CCCC2)n1. The zero-order valence-corrected chi connectivity index (χ0v) is 13.2. The van der Waals surface area contributed by atoms with Crippen LogP contribution in [0.15, 0.2) is 42.5 Å². The third kappa shape index (κ3) is 3.68. The molecule has 0 spiro atoms. The molecule has 2 aromatic rings. The van der Waals surface area contributed by atoms with Gasteiger partial charge in [0.1, 0.15) is 11.4 Å². The van der Waals surface area contributed by atoms with Gasteiger partial charge in [-0.05, 0) is 49.2 Å².